The van der Waals surface area contributed by atoms with Gasteiger partial charge in [0.15, 0.2) is 0 Å². The van der Waals surface area contributed by atoms with Crippen LogP contribution in [0.1, 0.15) is 19.3 Å². The summed E-state index contributed by atoms with van der Waals surface area (Å²) in [6, 6.07) is 4.29. The van der Waals surface area contributed by atoms with E-state index in [9.17, 15) is 13.2 Å². The fourth-order valence-corrected chi connectivity index (χ4v) is 3.19. The van der Waals surface area contributed by atoms with Crippen LogP contribution in [0.4, 0.5) is 18.9 Å². The van der Waals surface area contributed by atoms with Gasteiger partial charge in [0, 0.05) is 29.2 Å². The minimum Gasteiger partial charge on any atom is -0.399 e. The van der Waals surface area contributed by atoms with Gasteiger partial charge in [-0.2, -0.15) is 0 Å². The number of halogens is 3. The molecule has 0 saturated heterocycles. The van der Waals surface area contributed by atoms with Crippen LogP contribution >= 0.6 is 11.8 Å². The second-order valence-electron chi connectivity index (χ2n) is 4.50. The summed E-state index contributed by atoms with van der Waals surface area (Å²) < 4.78 is 39.0. The Labute approximate surface area is 103 Å². The van der Waals surface area contributed by atoms with Crippen LogP contribution in [0.3, 0.4) is 0 Å². The number of rotatable bonds is 3. The molecular weight excluding hydrogens is 247 g/mol. The van der Waals surface area contributed by atoms with E-state index in [-0.39, 0.29) is 24.6 Å². The van der Waals surface area contributed by atoms with E-state index < -0.39 is 5.92 Å². The van der Waals surface area contributed by atoms with Gasteiger partial charge in [-0.3, -0.25) is 0 Å². The highest BCUT2D eigenvalue weighted by molar-refractivity contribution is 7.99. The summed E-state index contributed by atoms with van der Waals surface area (Å²) in [5.41, 5.74) is 5.88. The number of thioether (sulfide) groups is 1. The Morgan fingerprint density at radius 2 is 2.12 bits per heavy atom. The summed E-state index contributed by atoms with van der Waals surface area (Å²) in [7, 11) is 0. The van der Waals surface area contributed by atoms with Crippen LogP contribution in [0.2, 0.25) is 0 Å². The number of nitrogen functional groups attached to an aromatic ring is 1. The number of hydrogen-bond acceptors (Lipinski definition) is 2. The van der Waals surface area contributed by atoms with E-state index in [2.05, 4.69) is 0 Å². The molecule has 0 radical (unpaired) electrons. The average molecular weight is 261 g/mol. The first-order chi connectivity index (χ1) is 7.94. The molecule has 94 valence electrons. The van der Waals surface area contributed by atoms with Gasteiger partial charge >= 0.3 is 0 Å². The molecule has 1 aliphatic rings. The highest BCUT2D eigenvalue weighted by atomic mass is 32.2. The fraction of sp³-hybridized carbons (Fsp3) is 0.500. The molecule has 1 aliphatic carbocycles. The molecule has 2 rings (SSSR count). The molecule has 0 aromatic heterocycles. The van der Waals surface area contributed by atoms with Crippen molar-refractivity contribution in [3.63, 3.8) is 0 Å². The Bertz CT molecular complexity index is 388. The second kappa shape index (κ2) is 4.80. The van der Waals surface area contributed by atoms with Crippen molar-refractivity contribution in [1.29, 1.82) is 0 Å². The molecule has 1 fully saturated rings. The van der Waals surface area contributed by atoms with E-state index in [1.165, 1.54) is 23.9 Å². The van der Waals surface area contributed by atoms with Gasteiger partial charge in [-0.05, 0) is 30.5 Å². The van der Waals surface area contributed by atoms with Crippen LogP contribution in [0.25, 0.3) is 0 Å². The van der Waals surface area contributed by atoms with Gasteiger partial charge in [0.25, 0.3) is 0 Å². The third kappa shape index (κ3) is 3.56. The van der Waals surface area contributed by atoms with Crippen LogP contribution in [0.15, 0.2) is 23.1 Å². The van der Waals surface area contributed by atoms with Crippen molar-refractivity contribution in [1.82, 2.24) is 0 Å². The maximum atomic E-state index is 13.0. The van der Waals surface area contributed by atoms with Crippen molar-refractivity contribution in [3.05, 3.63) is 24.0 Å². The van der Waals surface area contributed by atoms with Crippen molar-refractivity contribution in [2.45, 2.75) is 30.1 Å². The Kier molecular flexibility index (Phi) is 3.56. The van der Waals surface area contributed by atoms with Crippen molar-refractivity contribution in [3.8, 4) is 0 Å². The third-order valence-corrected chi connectivity index (χ3v) is 4.09. The summed E-state index contributed by atoms with van der Waals surface area (Å²) in [5, 5.41) is 0. The molecule has 1 aromatic rings. The van der Waals surface area contributed by atoms with Crippen LogP contribution in [-0.2, 0) is 0 Å². The molecule has 1 atom stereocenters. The van der Waals surface area contributed by atoms with Gasteiger partial charge in [-0.15, -0.1) is 11.8 Å². The second-order valence-corrected chi connectivity index (χ2v) is 5.59. The number of alkyl halides is 2. The number of benzene rings is 1. The highest BCUT2D eigenvalue weighted by Crippen LogP contribution is 2.41. The van der Waals surface area contributed by atoms with E-state index in [1.807, 2.05) is 0 Å². The summed E-state index contributed by atoms with van der Waals surface area (Å²) in [6.07, 6.45) is 0.471. The molecule has 0 spiro atoms. The summed E-state index contributed by atoms with van der Waals surface area (Å²) in [4.78, 5) is 0.706. The van der Waals surface area contributed by atoms with Gasteiger partial charge < -0.3 is 5.73 Å². The Morgan fingerprint density at radius 3 is 2.71 bits per heavy atom. The summed E-state index contributed by atoms with van der Waals surface area (Å²) in [5.74, 6) is -2.28. The molecule has 1 saturated carbocycles. The number of nitrogens with two attached hydrogens (primary N) is 1. The molecule has 1 nitrogen and oxygen atoms in total. The van der Waals surface area contributed by atoms with Gasteiger partial charge in [0.2, 0.25) is 5.92 Å². The van der Waals surface area contributed by atoms with Crippen molar-refractivity contribution in [2.24, 2.45) is 5.92 Å². The Balaban J connectivity index is 1.90. The van der Waals surface area contributed by atoms with Gasteiger partial charge in [-0.25, -0.2) is 13.2 Å². The lowest BCUT2D eigenvalue weighted by molar-refractivity contribution is 0.00596. The van der Waals surface area contributed by atoms with E-state index >= 15 is 0 Å². The maximum Gasteiger partial charge on any atom is 0.248 e. The largest absolute Gasteiger partial charge is 0.399 e. The van der Waals surface area contributed by atoms with E-state index in [0.717, 1.165) is 0 Å². The smallest absolute Gasteiger partial charge is 0.248 e. The standard InChI is InChI=1S/C12H14F3NS/c13-9-3-10(16)5-11(4-9)17-7-8-1-2-12(14,15)6-8/h3-5,8H,1-2,6-7,16H2. The van der Waals surface area contributed by atoms with E-state index in [0.29, 0.717) is 22.8 Å². The molecule has 1 aromatic carbocycles. The first kappa shape index (κ1) is 12.6. The van der Waals surface area contributed by atoms with Gasteiger partial charge in [0.05, 0.1) is 0 Å². The van der Waals surface area contributed by atoms with Crippen LogP contribution in [-0.4, -0.2) is 11.7 Å². The zero-order valence-electron chi connectivity index (χ0n) is 9.26. The molecule has 2 N–H and O–H groups in total. The minimum atomic E-state index is -2.51. The third-order valence-electron chi connectivity index (χ3n) is 2.88. The summed E-state index contributed by atoms with van der Waals surface area (Å²) >= 11 is 1.39. The zero-order chi connectivity index (χ0) is 12.5. The lowest BCUT2D eigenvalue weighted by Crippen LogP contribution is -2.10. The molecule has 0 amide bonds. The lowest BCUT2D eigenvalue weighted by atomic mass is 10.1. The predicted molar refractivity (Wildman–Crippen MR) is 63.8 cm³/mol. The van der Waals surface area contributed by atoms with E-state index in [1.54, 1.807) is 6.07 Å². The van der Waals surface area contributed by atoms with E-state index in [4.69, 9.17) is 5.73 Å². The average Bonchev–Trinajstić information content (AvgIpc) is 2.54. The van der Waals surface area contributed by atoms with Gasteiger partial charge in [0.1, 0.15) is 5.82 Å². The molecular formula is C12H14F3NS. The predicted octanol–water partition coefficient (Wildman–Crippen LogP) is 3.94. The first-order valence-electron chi connectivity index (χ1n) is 5.51. The molecule has 0 bridgehead atoms. The van der Waals surface area contributed by atoms with Crippen LogP contribution < -0.4 is 5.73 Å². The molecule has 1 unspecified atom stereocenters. The number of anilines is 1. The normalized spacial score (nSPS) is 22.9. The van der Waals surface area contributed by atoms with Crippen LogP contribution in [0.5, 0.6) is 0 Å². The lowest BCUT2D eigenvalue weighted by Gasteiger charge is -2.10. The van der Waals surface area contributed by atoms with Crippen molar-refractivity contribution in [2.75, 3.05) is 11.5 Å². The molecule has 0 aliphatic heterocycles. The van der Waals surface area contributed by atoms with Crippen LogP contribution in [0, 0.1) is 11.7 Å². The Hall–Kier alpha value is -0.840. The zero-order valence-corrected chi connectivity index (χ0v) is 10.1. The maximum absolute atomic E-state index is 13.0. The molecule has 5 heteroatoms. The summed E-state index contributed by atoms with van der Waals surface area (Å²) in [6.45, 7) is 0. The van der Waals surface area contributed by atoms with Crippen molar-refractivity contribution < 1.29 is 13.2 Å². The highest BCUT2D eigenvalue weighted by Gasteiger charge is 2.39. The van der Waals surface area contributed by atoms with Gasteiger partial charge in [-0.1, -0.05) is 0 Å². The quantitative estimate of drug-likeness (QED) is 0.659. The monoisotopic (exact) mass is 261 g/mol. The number of hydrogen-bond donors (Lipinski definition) is 1. The SMILES string of the molecule is Nc1cc(F)cc(SCC2CCC(F)(F)C2)c1. The molecule has 17 heavy (non-hydrogen) atoms. The minimum absolute atomic E-state index is 0.0134. The molecule has 0 heterocycles. The fourth-order valence-electron chi connectivity index (χ4n) is 2.07. The van der Waals surface area contributed by atoms with Crippen molar-refractivity contribution >= 4 is 17.4 Å². The topological polar surface area (TPSA) is 26.0 Å². The first-order valence-corrected chi connectivity index (χ1v) is 6.50. The Morgan fingerprint density at radius 1 is 1.35 bits per heavy atom.